The molecule has 1 aromatic carbocycles. The molecule has 0 saturated carbocycles. The van der Waals surface area contributed by atoms with E-state index < -0.39 is 23.9 Å². The SMILES string of the molecule is CC(C)(C)OC(=O)NCC(O)C(O)c1ccc2[nH]c(=O)sc2c1. The smallest absolute Gasteiger partial charge is 0.407 e. The summed E-state index contributed by atoms with van der Waals surface area (Å²) in [6, 6.07) is 4.92. The Morgan fingerprint density at radius 1 is 1.39 bits per heavy atom. The number of aromatic nitrogens is 1. The second-order valence-corrected chi connectivity index (χ2v) is 7.18. The molecule has 2 aromatic rings. The van der Waals surface area contributed by atoms with Gasteiger partial charge in [0, 0.05) is 6.54 Å². The van der Waals surface area contributed by atoms with Crippen LogP contribution in [0.25, 0.3) is 10.2 Å². The highest BCUT2D eigenvalue weighted by Gasteiger charge is 2.22. The largest absolute Gasteiger partial charge is 0.444 e. The van der Waals surface area contributed by atoms with Gasteiger partial charge in [0.15, 0.2) is 0 Å². The maximum Gasteiger partial charge on any atom is 0.407 e. The number of rotatable bonds is 4. The Morgan fingerprint density at radius 2 is 2.09 bits per heavy atom. The van der Waals surface area contributed by atoms with Crippen molar-refractivity contribution in [3.05, 3.63) is 33.4 Å². The van der Waals surface area contributed by atoms with E-state index in [1.54, 1.807) is 39.0 Å². The van der Waals surface area contributed by atoms with Gasteiger partial charge in [-0.25, -0.2) is 4.79 Å². The highest BCUT2D eigenvalue weighted by atomic mass is 32.1. The molecule has 0 bridgehead atoms. The van der Waals surface area contributed by atoms with Crippen LogP contribution in [0.5, 0.6) is 0 Å². The molecule has 0 aliphatic heterocycles. The van der Waals surface area contributed by atoms with E-state index in [-0.39, 0.29) is 11.4 Å². The zero-order chi connectivity index (χ0) is 17.2. The molecule has 0 radical (unpaired) electrons. The van der Waals surface area contributed by atoms with Gasteiger partial charge in [0.05, 0.1) is 10.2 Å². The molecular weight excluding hydrogens is 320 g/mol. The number of aliphatic hydroxyl groups is 2. The Labute approximate surface area is 136 Å². The summed E-state index contributed by atoms with van der Waals surface area (Å²) < 4.78 is 5.75. The van der Waals surface area contributed by atoms with E-state index in [0.29, 0.717) is 15.8 Å². The lowest BCUT2D eigenvalue weighted by Gasteiger charge is -2.22. The van der Waals surface area contributed by atoms with Crippen LogP contribution in [-0.2, 0) is 4.74 Å². The average Bonchev–Trinajstić information content (AvgIpc) is 2.81. The van der Waals surface area contributed by atoms with E-state index in [2.05, 4.69) is 10.3 Å². The number of H-pyrrole nitrogens is 1. The lowest BCUT2D eigenvalue weighted by atomic mass is 10.0. The van der Waals surface area contributed by atoms with Gasteiger partial charge < -0.3 is 25.3 Å². The fraction of sp³-hybridized carbons (Fsp3) is 0.467. The van der Waals surface area contributed by atoms with Crippen LogP contribution >= 0.6 is 11.3 Å². The second kappa shape index (κ2) is 6.69. The van der Waals surface area contributed by atoms with E-state index >= 15 is 0 Å². The zero-order valence-corrected chi connectivity index (χ0v) is 13.9. The van der Waals surface area contributed by atoms with Gasteiger partial charge in [0.1, 0.15) is 17.8 Å². The standard InChI is InChI=1S/C15H20N2O5S/c1-15(2,3)22-13(20)16-7-10(18)12(19)8-4-5-9-11(6-8)23-14(21)17-9/h4-6,10,12,18-19H,7H2,1-3H3,(H,16,20)(H,17,21). The Morgan fingerprint density at radius 3 is 2.74 bits per heavy atom. The zero-order valence-electron chi connectivity index (χ0n) is 13.1. The maximum absolute atomic E-state index is 11.5. The quantitative estimate of drug-likeness (QED) is 0.674. The number of ether oxygens (including phenoxy) is 1. The molecule has 23 heavy (non-hydrogen) atoms. The molecule has 126 valence electrons. The number of hydrogen-bond donors (Lipinski definition) is 4. The van der Waals surface area contributed by atoms with Crippen molar-refractivity contribution in [2.24, 2.45) is 0 Å². The van der Waals surface area contributed by atoms with Crippen molar-refractivity contribution in [2.75, 3.05) is 6.54 Å². The number of thiazole rings is 1. The third kappa shape index (κ3) is 4.78. The molecule has 0 fully saturated rings. The first-order chi connectivity index (χ1) is 10.7. The number of benzene rings is 1. The molecule has 1 amide bonds. The van der Waals surface area contributed by atoms with Gasteiger partial charge >= 0.3 is 11.0 Å². The van der Waals surface area contributed by atoms with Crippen molar-refractivity contribution >= 4 is 27.6 Å². The molecule has 8 heteroatoms. The van der Waals surface area contributed by atoms with Gasteiger partial charge in [-0.15, -0.1) is 0 Å². The van der Waals surface area contributed by atoms with Crippen molar-refractivity contribution in [1.82, 2.24) is 10.3 Å². The van der Waals surface area contributed by atoms with Gasteiger partial charge in [-0.1, -0.05) is 17.4 Å². The van der Waals surface area contributed by atoms with E-state index in [1.165, 1.54) is 0 Å². The van der Waals surface area contributed by atoms with Gasteiger partial charge in [-0.3, -0.25) is 4.79 Å². The summed E-state index contributed by atoms with van der Waals surface area (Å²) >= 11 is 1.03. The first-order valence-electron chi connectivity index (χ1n) is 7.11. The summed E-state index contributed by atoms with van der Waals surface area (Å²) in [6.45, 7) is 5.04. The first kappa shape index (κ1) is 17.5. The molecule has 1 heterocycles. The fourth-order valence-corrected chi connectivity index (χ4v) is 2.77. The molecular formula is C15H20N2O5S. The number of aliphatic hydroxyl groups excluding tert-OH is 2. The van der Waals surface area contributed by atoms with Crippen molar-refractivity contribution in [2.45, 2.75) is 38.6 Å². The Kier molecular flexibility index (Phi) is 5.08. The number of carbonyl (C=O) groups is 1. The van der Waals surface area contributed by atoms with Gasteiger partial charge in [0.2, 0.25) is 0 Å². The van der Waals surface area contributed by atoms with E-state index in [1.807, 2.05) is 0 Å². The molecule has 2 rings (SSSR count). The van der Waals surface area contributed by atoms with Crippen molar-refractivity contribution in [3.63, 3.8) is 0 Å². The first-order valence-corrected chi connectivity index (χ1v) is 7.93. The fourth-order valence-electron chi connectivity index (χ4n) is 1.98. The van der Waals surface area contributed by atoms with Gasteiger partial charge in [-0.2, -0.15) is 0 Å². The molecule has 1 aromatic heterocycles. The maximum atomic E-state index is 11.5. The minimum absolute atomic E-state index is 0.155. The number of amides is 1. The van der Waals surface area contributed by atoms with Gasteiger partial charge in [0.25, 0.3) is 0 Å². The van der Waals surface area contributed by atoms with Crippen molar-refractivity contribution in [3.8, 4) is 0 Å². The molecule has 2 atom stereocenters. The van der Waals surface area contributed by atoms with Crippen molar-refractivity contribution < 1.29 is 19.7 Å². The van der Waals surface area contributed by atoms with E-state index in [4.69, 9.17) is 4.74 Å². The predicted molar refractivity (Wildman–Crippen MR) is 87.6 cm³/mol. The summed E-state index contributed by atoms with van der Waals surface area (Å²) in [5, 5.41) is 22.6. The minimum atomic E-state index is -1.20. The predicted octanol–water partition coefficient (Wildman–Crippen LogP) is 1.51. The summed E-state index contributed by atoms with van der Waals surface area (Å²) in [5.74, 6) is 0. The van der Waals surface area contributed by atoms with Crippen LogP contribution in [0.3, 0.4) is 0 Å². The Hall–Kier alpha value is -1.90. The van der Waals surface area contributed by atoms with Gasteiger partial charge in [-0.05, 0) is 38.5 Å². The average molecular weight is 340 g/mol. The van der Waals surface area contributed by atoms with E-state index in [9.17, 15) is 19.8 Å². The minimum Gasteiger partial charge on any atom is -0.444 e. The summed E-state index contributed by atoms with van der Waals surface area (Å²) in [5.41, 5.74) is 0.508. The second-order valence-electron chi connectivity index (χ2n) is 6.17. The van der Waals surface area contributed by atoms with Crippen LogP contribution in [-0.4, -0.2) is 39.5 Å². The van der Waals surface area contributed by atoms with Crippen LogP contribution in [0.4, 0.5) is 4.79 Å². The van der Waals surface area contributed by atoms with Crippen LogP contribution in [0.15, 0.2) is 23.0 Å². The summed E-state index contributed by atoms with van der Waals surface area (Å²) in [7, 11) is 0. The molecule has 0 saturated heterocycles. The molecule has 0 aliphatic rings. The number of nitrogens with one attached hydrogen (secondary N) is 2. The molecule has 7 nitrogen and oxygen atoms in total. The third-order valence-corrected chi connectivity index (χ3v) is 3.85. The summed E-state index contributed by atoms with van der Waals surface area (Å²) in [6.07, 6.45) is -3.05. The monoisotopic (exact) mass is 340 g/mol. The van der Waals surface area contributed by atoms with E-state index in [0.717, 1.165) is 11.3 Å². The lowest BCUT2D eigenvalue weighted by molar-refractivity contribution is 0.0130. The molecule has 4 N–H and O–H groups in total. The number of alkyl carbamates (subject to hydrolysis) is 1. The van der Waals surface area contributed by atoms with Crippen LogP contribution in [0.2, 0.25) is 0 Å². The Balaban J connectivity index is 1.99. The number of carbonyl (C=O) groups excluding carboxylic acids is 1. The molecule has 2 unspecified atom stereocenters. The van der Waals surface area contributed by atoms with Crippen molar-refractivity contribution in [1.29, 1.82) is 0 Å². The number of fused-ring (bicyclic) bond motifs is 1. The summed E-state index contributed by atoms with van der Waals surface area (Å²) in [4.78, 5) is 25.3. The lowest BCUT2D eigenvalue weighted by Crippen LogP contribution is -2.38. The normalized spacial score (nSPS) is 14.5. The molecule has 0 spiro atoms. The topological polar surface area (TPSA) is 112 Å². The number of hydrogen-bond acceptors (Lipinski definition) is 6. The van der Waals surface area contributed by atoms with Crippen LogP contribution < -0.4 is 10.2 Å². The molecule has 0 aliphatic carbocycles. The highest BCUT2D eigenvalue weighted by molar-refractivity contribution is 7.16. The van der Waals surface area contributed by atoms with Crippen LogP contribution in [0.1, 0.15) is 32.4 Å². The number of aromatic amines is 1. The highest BCUT2D eigenvalue weighted by Crippen LogP contribution is 2.23. The van der Waals surface area contributed by atoms with Crippen LogP contribution in [0, 0.1) is 0 Å². The Bertz CT molecular complexity index is 746. The third-order valence-electron chi connectivity index (χ3n) is 3.01.